The van der Waals surface area contributed by atoms with Gasteiger partial charge in [0.05, 0.1) is 11.5 Å². The van der Waals surface area contributed by atoms with E-state index in [0.717, 1.165) is 30.8 Å². The van der Waals surface area contributed by atoms with Crippen LogP contribution in [0.15, 0.2) is 29.3 Å². The molecule has 0 spiro atoms. The van der Waals surface area contributed by atoms with Crippen molar-refractivity contribution < 1.29 is 0 Å². The van der Waals surface area contributed by atoms with E-state index in [1.807, 2.05) is 6.07 Å². The second-order valence-corrected chi connectivity index (χ2v) is 5.89. The summed E-state index contributed by atoms with van der Waals surface area (Å²) in [5.74, 6) is 1.19. The summed E-state index contributed by atoms with van der Waals surface area (Å²) in [7, 11) is 0. The summed E-state index contributed by atoms with van der Waals surface area (Å²) in [6.45, 7) is 7.06. The second kappa shape index (κ2) is 5.79. The molecule has 114 valence electrons. The molecule has 0 amide bonds. The van der Waals surface area contributed by atoms with Gasteiger partial charge in [-0.05, 0) is 44.7 Å². The van der Waals surface area contributed by atoms with Crippen molar-refractivity contribution in [3.05, 3.63) is 41.0 Å². The van der Waals surface area contributed by atoms with Crippen LogP contribution < -0.4 is 11.1 Å². The van der Waals surface area contributed by atoms with Gasteiger partial charge in [-0.2, -0.15) is 0 Å². The maximum atomic E-state index is 5.73. The number of nitrogens with zero attached hydrogens (tertiary/aromatic N) is 2. The number of benzene rings is 1. The van der Waals surface area contributed by atoms with E-state index in [0.29, 0.717) is 11.7 Å². The van der Waals surface area contributed by atoms with Crippen LogP contribution in [0.5, 0.6) is 0 Å². The first-order valence-electron chi connectivity index (χ1n) is 7.71. The first-order chi connectivity index (χ1) is 10.6. The van der Waals surface area contributed by atoms with Crippen LogP contribution in [0.4, 0.5) is 11.5 Å². The third-order valence-corrected chi connectivity index (χ3v) is 4.18. The molecule has 0 unspecified atom stereocenters. The van der Waals surface area contributed by atoms with Crippen LogP contribution in [-0.4, -0.2) is 17.4 Å². The van der Waals surface area contributed by atoms with E-state index in [-0.39, 0.29) is 0 Å². The number of rotatable bonds is 2. The minimum Gasteiger partial charge on any atom is -0.387 e. The maximum Gasteiger partial charge on any atom is 0.156 e. The smallest absolute Gasteiger partial charge is 0.156 e. The molecule has 2 aromatic rings. The van der Waals surface area contributed by atoms with E-state index in [1.54, 1.807) is 6.92 Å². The Labute approximate surface area is 131 Å². The molecule has 4 heteroatoms. The summed E-state index contributed by atoms with van der Waals surface area (Å²) in [6, 6.07) is 8.36. The average Bonchev–Trinajstić information content (AvgIpc) is 2.49. The predicted molar refractivity (Wildman–Crippen MR) is 92.9 cm³/mol. The molecule has 3 N–H and O–H groups in total. The lowest BCUT2D eigenvalue weighted by molar-refractivity contribution is 0.826. The SMILES string of the molecule is CC(N)=Nc1cc2c(c(-c3cccc(C)c3C)n1)CCCN2. The Kier molecular flexibility index (Phi) is 3.84. The Morgan fingerprint density at radius 1 is 1.32 bits per heavy atom. The fourth-order valence-electron chi connectivity index (χ4n) is 2.93. The summed E-state index contributed by atoms with van der Waals surface area (Å²) < 4.78 is 0. The number of hydrogen-bond donors (Lipinski definition) is 2. The van der Waals surface area contributed by atoms with Crippen LogP contribution in [-0.2, 0) is 6.42 Å². The Bertz CT molecular complexity index is 743. The van der Waals surface area contributed by atoms with Crippen molar-refractivity contribution >= 4 is 17.3 Å². The van der Waals surface area contributed by atoms with Gasteiger partial charge in [-0.25, -0.2) is 9.98 Å². The Morgan fingerprint density at radius 2 is 2.14 bits per heavy atom. The molecule has 0 atom stereocenters. The molecule has 4 nitrogen and oxygen atoms in total. The molecule has 0 saturated carbocycles. The summed E-state index contributed by atoms with van der Waals surface area (Å²) in [5, 5.41) is 3.47. The normalized spacial score (nSPS) is 14.4. The highest BCUT2D eigenvalue weighted by atomic mass is 15.0. The van der Waals surface area contributed by atoms with Crippen molar-refractivity contribution in [2.75, 3.05) is 11.9 Å². The summed E-state index contributed by atoms with van der Waals surface area (Å²) in [6.07, 6.45) is 2.18. The van der Waals surface area contributed by atoms with Crippen LogP contribution in [0, 0.1) is 13.8 Å². The third kappa shape index (κ3) is 2.69. The van der Waals surface area contributed by atoms with Gasteiger partial charge in [-0.15, -0.1) is 0 Å². The molecule has 3 rings (SSSR count). The van der Waals surface area contributed by atoms with Gasteiger partial charge >= 0.3 is 0 Å². The molecule has 0 radical (unpaired) electrons. The second-order valence-electron chi connectivity index (χ2n) is 5.89. The zero-order valence-corrected chi connectivity index (χ0v) is 13.4. The van der Waals surface area contributed by atoms with Crippen molar-refractivity contribution in [3.63, 3.8) is 0 Å². The number of aliphatic imine (C=N–C) groups is 1. The number of nitrogens with two attached hydrogens (primary N) is 1. The zero-order chi connectivity index (χ0) is 15.7. The largest absolute Gasteiger partial charge is 0.387 e. The van der Waals surface area contributed by atoms with Crippen molar-refractivity contribution in [1.82, 2.24) is 4.98 Å². The van der Waals surface area contributed by atoms with E-state index in [1.165, 1.54) is 22.3 Å². The number of aryl methyl sites for hydroxylation is 1. The first-order valence-corrected chi connectivity index (χ1v) is 7.71. The topological polar surface area (TPSA) is 63.3 Å². The minimum absolute atomic E-state index is 0.523. The van der Waals surface area contributed by atoms with E-state index in [2.05, 4.69) is 42.4 Å². The number of amidine groups is 1. The van der Waals surface area contributed by atoms with Crippen molar-refractivity contribution in [2.24, 2.45) is 10.7 Å². The molecule has 1 aliphatic heterocycles. The molecule has 2 heterocycles. The fourth-order valence-corrected chi connectivity index (χ4v) is 2.93. The Morgan fingerprint density at radius 3 is 2.91 bits per heavy atom. The molecule has 0 bridgehead atoms. The number of nitrogens with one attached hydrogen (secondary N) is 1. The van der Waals surface area contributed by atoms with Crippen molar-refractivity contribution in [2.45, 2.75) is 33.6 Å². The van der Waals surface area contributed by atoms with Gasteiger partial charge in [0.1, 0.15) is 0 Å². The highest BCUT2D eigenvalue weighted by Gasteiger charge is 2.18. The van der Waals surface area contributed by atoms with Gasteiger partial charge in [-0.3, -0.25) is 0 Å². The van der Waals surface area contributed by atoms with Gasteiger partial charge in [0.15, 0.2) is 5.82 Å². The highest BCUT2D eigenvalue weighted by molar-refractivity contribution is 5.82. The highest BCUT2D eigenvalue weighted by Crippen LogP contribution is 2.36. The molecule has 1 aromatic carbocycles. The lowest BCUT2D eigenvalue weighted by atomic mass is 9.93. The quantitative estimate of drug-likeness (QED) is 0.655. The first kappa shape index (κ1) is 14.6. The average molecular weight is 294 g/mol. The van der Waals surface area contributed by atoms with Crippen molar-refractivity contribution in [1.29, 1.82) is 0 Å². The van der Waals surface area contributed by atoms with Gasteiger partial charge in [0.25, 0.3) is 0 Å². The molecular weight excluding hydrogens is 272 g/mol. The lowest BCUT2D eigenvalue weighted by Gasteiger charge is -2.22. The lowest BCUT2D eigenvalue weighted by Crippen LogP contribution is -2.14. The molecule has 0 fully saturated rings. The van der Waals surface area contributed by atoms with Crippen LogP contribution in [0.3, 0.4) is 0 Å². The Balaban J connectivity index is 2.25. The predicted octanol–water partition coefficient (Wildman–Crippen LogP) is 3.73. The summed E-state index contributed by atoms with van der Waals surface area (Å²) in [4.78, 5) is 9.14. The van der Waals surface area contributed by atoms with Gasteiger partial charge in [0, 0.05) is 29.4 Å². The monoisotopic (exact) mass is 294 g/mol. The van der Waals surface area contributed by atoms with E-state index in [4.69, 9.17) is 10.7 Å². The molecule has 22 heavy (non-hydrogen) atoms. The van der Waals surface area contributed by atoms with Gasteiger partial charge in [-0.1, -0.05) is 18.2 Å². The molecule has 0 saturated heterocycles. The summed E-state index contributed by atoms with van der Waals surface area (Å²) >= 11 is 0. The third-order valence-electron chi connectivity index (χ3n) is 4.18. The van der Waals surface area contributed by atoms with Crippen LogP contribution in [0.1, 0.15) is 30.0 Å². The van der Waals surface area contributed by atoms with Gasteiger partial charge in [0.2, 0.25) is 0 Å². The number of hydrogen-bond acceptors (Lipinski definition) is 3. The van der Waals surface area contributed by atoms with Crippen LogP contribution >= 0.6 is 0 Å². The fraction of sp³-hybridized carbons (Fsp3) is 0.333. The molecule has 1 aromatic heterocycles. The molecule has 1 aliphatic rings. The minimum atomic E-state index is 0.523. The number of pyridine rings is 1. The van der Waals surface area contributed by atoms with E-state index < -0.39 is 0 Å². The number of anilines is 1. The number of aromatic nitrogens is 1. The summed E-state index contributed by atoms with van der Waals surface area (Å²) in [5.41, 5.74) is 12.9. The molecule has 0 aliphatic carbocycles. The van der Waals surface area contributed by atoms with Crippen LogP contribution in [0.2, 0.25) is 0 Å². The maximum absolute atomic E-state index is 5.73. The molecular formula is C18H22N4. The van der Waals surface area contributed by atoms with E-state index >= 15 is 0 Å². The Hall–Kier alpha value is -2.36. The van der Waals surface area contributed by atoms with Crippen LogP contribution in [0.25, 0.3) is 11.3 Å². The van der Waals surface area contributed by atoms with E-state index in [9.17, 15) is 0 Å². The zero-order valence-electron chi connectivity index (χ0n) is 13.4. The van der Waals surface area contributed by atoms with Crippen molar-refractivity contribution in [3.8, 4) is 11.3 Å². The standard InChI is InChI=1S/C18H22N4/c1-11-6-4-7-14(12(11)2)18-15-8-5-9-20-16(15)10-17(22-18)21-13(3)19/h4,6-7,10,20H,5,8-9H2,1-3H3,(H2,19,21,22). The number of fused-ring (bicyclic) bond motifs is 1. The van der Waals surface area contributed by atoms with Gasteiger partial charge < -0.3 is 11.1 Å².